The summed E-state index contributed by atoms with van der Waals surface area (Å²) in [4.78, 5) is 0. The van der Waals surface area contributed by atoms with Crippen molar-refractivity contribution in [2.75, 3.05) is 21.3 Å². The number of aromatic hydroxyl groups is 1. The van der Waals surface area contributed by atoms with Crippen LogP contribution in [0.3, 0.4) is 0 Å². The Labute approximate surface area is 124 Å². The van der Waals surface area contributed by atoms with Crippen LogP contribution in [0.5, 0.6) is 23.0 Å². The first-order valence-electron chi connectivity index (χ1n) is 6.46. The van der Waals surface area contributed by atoms with E-state index in [4.69, 9.17) is 14.2 Å². The van der Waals surface area contributed by atoms with E-state index in [1.54, 1.807) is 19.3 Å². The number of methoxy groups -OCH3 is 3. The summed E-state index contributed by atoms with van der Waals surface area (Å²) in [5.41, 5.74) is 1.62. The standard InChI is InChI=1S/C17H18O4/c1-19-14-11-13(10-9-12-7-5-4-6-8-12)15(18)17(21-3)16(14)20-2/h4-11,18H,1-3H3. The second kappa shape index (κ2) is 6.70. The van der Waals surface area contributed by atoms with Crippen molar-refractivity contribution in [2.24, 2.45) is 0 Å². The van der Waals surface area contributed by atoms with Gasteiger partial charge in [-0.3, -0.25) is 0 Å². The molecule has 4 nitrogen and oxygen atoms in total. The summed E-state index contributed by atoms with van der Waals surface area (Å²) in [5, 5.41) is 10.3. The minimum absolute atomic E-state index is 0.0160. The highest BCUT2D eigenvalue weighted by atomic mass is 16.5. The molecule has 0 radical (unpaired) electrons. The van der Waals surface area contributed by atoms with Crippen LogP contribution < -0.4 is 14.2 Å². The molecule has 0 aliphatic rings. The van der Waals surface area contributed by atoms with Gasteiger partial charge in [0, 0.05) is 5.56 Å². The summed E-state index contributed by atoms with van der Waals surface area (Å²) in [5.74, 6) is 1.14. The lowest BCUT2D eigenvalue weighted by Gasteiger charge is -2.15. The number of phenolic OH excluding ortho intramolecular Hbond substituents is 1. The van der Waals surface area contributed by atoms with Crippen LogP contribution in [-0.4, -0.2) is 26.4 Å². The van der Waals surface area contributed by atoms with Crippen molar-refractivity contribution >= 4 is 12.2 Å². The number of phenols is 1. The summed E-state index contributed by atoms with van der Waals surface area (Å²) < 4.78 is 15.7. The van der Waals surface area contributed by atoms with E-state index in [1.807, 2.05) is 36.4 Å². The smallest absolute Gasteiger partial charge is 0.207 e. The molecule has 0 fully saturated rings. The molecular formula is C17H18O4. The Kier molecular flexibility index (Phi) is 4.72. The van der Waals surface area contributed by atoms with Gasteiger partial charge in [-0.2, -0.15) is 0 Å². The first kappa shape index (κ1) is 14.8. The molecule has 2 rings (SSSR count). The van der Waals surface area contributed by atoms with Crippen molar-refractivity contribution in [3.63, 3.8) is 0 Å². The molecule has 0 aliphatic carbocycles. The Morgan fingerprint density at radius 1 is 0.857 bits per heavy atom. The lowest BCUT2D eigenvalue weighted by molar-refractivity contribution is 0.310. The molecule has 0 amide bonds. The fourth-order valence-corrected chi connectivity index (χ4v) is 2.04. The Balaban J connectivity index is 2.47. The fourth-order valence-electron chi connectivity index (χ4n) is 2.04. The molecule has 0 bridgehead atoms. The molecule has 0 spiro atoms. The highest BCUT2D eigenvalue weighted by molar-refractivity contribution is 5.77. The Bertz CT molecular complexity index is 633. The van der Waals surface area contributed by atoms with Gasteiger partial charge >= 0.3 is 0 Å². The highest BCUT2D eigenvalue weighted by Crippen LogP contribution is 2.46. The zero-order valence-electron chi connectivity index (χ0n) is 12.3. The van der Waals surface area contributed by atoms with Crippen molar-refractivity contribution in [2.45, 2.75) is 0 Å². The predicted octanol–water partition coefficient (Wildman–Crippen LogP) is 3.59. The molecule has 0 heterocycles. The molecule has 0 aliphatic heterocycles. The van der Waals surface area contributed by atoms with Crippen LogP contribution in [0.25, 0.3) is 12.2 Å². The molecule has 1 N–H and O–H groups in total. The molecule has 2 aromatic rings. The summed E-state index contributed by atoms with van der Waals surface area (Å²) in [7, 11) is 4.51. The zero-order valence-corrected chi connectivity index (χ0v) is 12.3. The van der Waals surface area contributed by atoms with Crippen molar-refractivity contribution in [1.82, 2.24) is 0 Å². The molecule has 0 atom stereocenters. The normalized spacial score (nSPS) is 10.6. The van der Waals surface area contributed by atoms with Gasteiger partial charge in [0.15, 0.2) is 11.5 Å². The van der Waals surface area contributed by atoms with Crippen LogP contribution in [0.2, 0.25) is 0 Å². The number of hydrogen-bond acceptors (Lipinski definition) is 4. The average molecular weight is 286 g/mol. The van der Waals surface area contributed by atoms with Crippen molar-refractivity contribution in [1.29, 1.82) is 0 Å². The van der Waals surface area contributed by atoms with Crippen molar-refractivity contribution < 1.29 is 19.3 Å². The molecular weight excluding hydrogens is 268 g/mol. The molecule has 0 saturated heterocycles. The number of ether oxygens (including phenoxy) is 3. The lowest BCUT2D eigenvalue weighted by atomic mass is 10.1. The summed E-state index contributed by atoms with van der Waals surface area (Å²) in [6.45, 7) is 0. The van der Waals surface area contributed by atoms with E-state index in [1.165, 1.54) is 14.2 Å². The van der Waals surface area contributed by atoms with Gasteiger partial charge in [0.2, 0.25) is 11.5 Å². The van der Waals surface area contributed by atoms with Gasteiger partial charge in [-0.1, -0.05) is 42.5 Å². The van der Waals surface area contributed by atoms with Gasteiger partial charge in [0.05, 0.1) is 21.3 Å². The third-order valence-corrected chi connectivity index (χ3v) is 3.09. The van der Waals surface area contributed by atoms with Gasteiger partial charge in [-0.15, -0.1) is 0 Å². The zero-order chi connectivity index (χ0) is 15.2. The Hall–Kier alpha value is -2.62. The highest BCUT2D eigenvalue weighted by Gasteiger charge is 2.18. The Morgan fingerprint density at radius 2 is 1.52 bits per heavy atom. The quantitative estimate of drug-likeness (QED) is 0.853. The molecule has 0 aromatic heterocycles. The van der Waals surface area contributed by atoms with E-state index in [-0.39, 0.29) is 11.5 Å². The van der Waals surface area contributed by atoms with Crippen LogP contribution in [-0.2, 0) is 0 Å². The third-order valence-electron chi connectivity index (χ3n) is 3.09. The molecule has 110 valence electrons. The van der Waals surface area contributed by atoms with Crippen molar-refractivity contribution in [3.05, 3.63) is 47.5 Å². The maximum atomic E-state index is 10.3. The lowest BCUT2D eigenvalue weighted by Crippen LogP contribution is -1.96. The van der Waals surface area contributed by atoms with E-state index in [0.29, 0.717) is 17.1 Å². The molecule has 0 saturated carbocycles. The summed E-state index contributed by atoms with van der Waals surface area (Å²) in [6, 6.07) is 11.5. The first-order chi connectivity index (χ1) is 10.2. The fraction of sp³-hybridized carbons (Fsp3) is 0.176. The maximum absolute atomic E-state index is 10.3. The predicted molar refractivity (Wildman–Crippen MR) is 83.1 cm³/mol. The number of hydrogen-bond donors (Lipinski definition) is 1. The largest absolute Gasteiger partial charge is 0.504 e. The monoisotopic (exact) mass is 286 g/mol. The van der Waals surface area contributed by atoms with Gasteiger partial charge in [-0.05, 0) is 11.6 Å². The second-order valence-corrected chi connectivity index (χ2v) is 4.33. The minimum Gasteiger partial charge on any atom is -0.504 e. The number of benzene rings is 2. The SMILES string of the molecule is COc1cc(C=Cc2ccccc2)c(O)c(OC)c1OC. The van der Waals surface area contributed by atoms with Gasteiger partial charge < -0.3 is 19.3 Å². The van der Waals surface area contributed by atoms with Gasteiger partial charge in [0.25, 0.3) is 0 Å². The average Bonchev–Trinajstić information content (AvgIpc) is 2.54. The van der Waals surface area contributed by atoms with E-state index in [0.717, 1.165) is 5.56 Å². The molecule has 21 heavy (non-hydrogen) atoms. The molecule has 2 aromatic carbocycles. The van der Waals surface area contributed by atoms with Crippen LogP contribution in [0.1, 0.15) is 11.1 Å². The van der Waals surface area contributed by atoms with E-state index in [2.05, 4.69) is 0 Å². The van der Waals surface area contributed by atoms with Crippen LogP contribution >= 0.6 is 0 Å². The van der Waals surface area contributed by atoms with E-state index in [9.17, 15) is 5.11 Å². The van der Waals surface area contributed by atoms with E-state index >= 15 is 0 Å². The van der Waals surface area contributed by atoms with Gasteiger partial charge in [-0.25, -0.2) is 0 Å². The minimum atomic E-state index is 0.0160. The number of rotatable bonds is 5. The third kappa shape index (κ3) is 3.11. The maximum Gasteiger partial charge on any atom is 0.207 e. The Morgan fingerprint density at radius 3 is 2.10 bits per heavy atom. The van der Waals surface area contributed by atoms with Crippen molar-refractivity contribution in [3.8, 4) is 23.0 Å². The molecule has 4 heteroatoms. The van der Waals surface area contributed by atoms with Gasteiger partial charge in [0.1, 0.15) is 0 Å². The summed E-state index contributed by atoms with van der Waals surface area (Å²) in [6.07, 6.45) is 3.70. The summed E-state index contributed by atoms with van der Waals surface area (Å²) >= 11 is 0. The molecule has 0 unspecified atom stereocenters. The van der Waals surface area contributed by atoms with Crippen LogP contribution in [0.15, 0.2) is 36.4 Å². The first-order valence-corrected chi connectivity index (χ1v) is 6.46. The topological polar surface area (TPSA) is 47.9 Å². The van der Waals surface area contributed by atoms with Crippen LogP contribution in [0, 0.1) is 0 Å². The second-order valence-electron chi connectivity index (χ2n) is 4.33. The van der Waals surface area contributed by atoms with Crippen LogP contribution in [0.4, 0.5) is 0 Å². The van der Waals surface area contributed by atoms with E-state index < -0.39 is 0 Å².